The van der Waals surface area contributed by atoms with Crippen LogP contribution in [0.5, 0.6) is 0 Å². The number of halogens is 3. The second-order valence-electron chi connectivity index (χ2n) is 5.03. The van der Waals surface area contributed by atoms with Crippen molar-refractivity contribution in [3.05, 3.63) is 33.6 Å². The van der Waals surface area contributed by atoms with Gasteiger partial charge in [-0.05, 0) is 31.9 Å². The van der Waals surface area contributed by atoms with E-state index in [1.54, 1.807) is 12.3 Å². The Bertz CT molecular complexity index is 520. The molecule has 2 nitrogen and oxygen atoms in total. The first-order valence-electron chi connectivity index (χ1n) is 6.07. The van der Waals surface area contributed by atoms with Gasteiger partial charge in [-0.15, -0.1) is 0 Å². The maximum atomic E-state index is 13.9. The highest BCUT2D eigenvalue weighted by Crippen LogP contribution is 2.41. The van der Waals surface area contributed by atoms with Gasteiger partial charge in [0.2, 0.25) is 0 Å². The molecule has 1 N–H and O–H groups in total. The predicted octanol–water partition coefficient (Wildman–Crippen LogP) is 3.69. The number of rotatable bonds is 5. The summed E-state index contributed by atoms with van der Waals surface area (Å²) in [7, 11) is -0.860. The molecule has 1 aromatic rings. The van der Waals surface area contributed by atoms with Gasteiger partial charge in [-0.1, -0.05) is 23.2 Å². The fourth-order valence-corrected chi connectivity index (χ4v) is 3.52. The van der Waals surface area contributed by atoms with E-state index in [4.69, 9.17) is 23.2 Å². The first-order valence-corrected chi connectivity index (χ1v) is 8.38. The third-order valence-corrected chi connectivity index (χ3v) is 5.90. The summed E-state index contributed by atoms with van der Waals surface area (Å²) in [6.45, 7) is 2.46. The van der Waals surface area contributed by atoms with Crippen LogP contribution in [0.1, 0.15) is 31.4 Å². The topological polar surface area (TPSA) is 29.1 Å². The lowest BCUT2D eigenvalue weighted by molar-refractivity contribution is 0.520. The minimum Gasteiger partial charge on any atom is -0.309 e. The maximum absolute atomic E-state index is 13.9. The lowest BCUT2D eigenvalue weighted by atomic mass is 10.1. The van der Waals surface area contributed by atoms with Crippen LogP contribution in [0.4, 0.5) is 4.39 Å². The van der Waals surface area contributed by atoms with Gasteiger partial charge < -0.3 is 5.32 Å². The van der Waals surface area contributed by atoms with E-state index in [9.17, 15) is 8.60 Å². The molecule has 1 aromatic carbocycles. The van der Waals surface area contributed by atoms with Crippen molar-refractivity contribution < 1.29 is 8.60 Å². The molecule has 1 aliphatic carbocycles. The number of hydrogen-bond acceptors (Lipinski definition) is 2. The molecule has 2 rings (SSSR count). The zero-order valence-corrected chi connectivity index (χ0v) is 13.1. The van der Waals surface area contributed by atoms with Gasteiger partial charge in [-0.2, -0.15) is 0 Å². The van der Waals surface area contributed by atoms with Gasteiger partial charge in [-0.3, -0.25) is 4.21 Å². The molecule has 6 heteroatoms. The van der Waals surface area contributed by atoms with Crippen molar-refractivity contribution in [1.29, 1.82) is 0 Å². The van der Waals surface area contributed by atoms with E-state index < -0.39 is 16.6 Å². The molecule has 1 aliphatic rings. The van der Waals surface area contributed by atoms with E-state index in [-0.39, 0.29) is 15.8 Å². The Kier molecular flexibility index (Phi) is 4.56. The summed E-state index contributed by atoms with van der Waals surface area (Å²) in [6.07, 6.45) is 3.62. The van der Waals surface area contributed by atoms with E-state index in [0.717, 1.165) is 12.8 Å². The van der Waals surface area contributed by atoms with Gasteiger partial charge in [0.05, 0.1) is 9.77 Å². The summed E-state index contributed by atoms with van der Waals surface area (Å²) in [6, 6.07) is 2.73. The van der Waals surface area contributed by atoms with Gasteiger partial charge in [0, 0.05) is 40.2 Å². The number of benzene rings is 1. The van der Waals surface area contributed by atoms with Crippen LogP contribution in [-0.2, 0) is 10.8 Å². The lowest BCUT2D eigenvalue weighted by Crippen LogP contribution is -2.33. The van der Waals surface area contributed by atoms with Crippen LogP contribution in [0.2, 0.25) is 10.0 Å². The van der Waals surface area contributed by atoms with E-state index in [1.807, 2.05) is 6.92 Å². The summed E-state index contributed by atoms with van der Waals surface area (Å²) in [5, 5.41) is 3.66. The van der Waals surface area contributed by atoms with Crippen LogP contribution in [0, 0.1) is 5.82 Å². The van der Waals surface area contributed by atoms with Crippen molar-refractivity contribution in [3.63, 3.8) is 0 Å². The summed E-state index contributed by atoms with van der Waals surface area (Å²) in [5.74, 6) is -0.450. The fourth-order valence-electron chi connectivity index (χ4n) is 2.05. The van der Waals surface area contributed by atoms with Crippen molar-refractivity contribution in [2.24, 2.45) is 0 Å². The fraction of sp³-hybridized carbons (Fsp3) is 0.538. The van der Waals surface area contributed by atoms with E-state index >= 15 is 0 Å². The largest absolute Gasteiger partial charge is 0.309 e. The zero-order chi connectivity index (χ0) is 14.2. The molecular weight excluding hydrogens is 308 g/mol. The number of hydrogen-bond donors (Lipinski definition) is 1. The third kappa shape index (κ3) is 3.30. The molecule has 106 valence electrons. The quantitative estimate of drug-likeness (QED) is 0.837. The van der Waals surface area contributed by atoms with Crippen LogP contribution >= 0.6 is 23.2 Å². The molecule has 19 heavy (non-hydrogen) atoms. The summed E-state index contributed by atoms with van der Waals surface area (Å²) < 4.78 is 25.4. The predicted molar refractivity (Wildman–Crippen MR) is 78.9 cm³/mol. The monoisotopic (exact) mass is 323 g/mol. The molecule has 0 saturated heterocycles. The van der Waals surface area contributed by atoms with Crippen LogP contribution in [0.15, 0.2) is 12.1 Å². The molecule has 2 atom stereocenters. The highest BCUT2D eigenvalue weighted by Gasteiger charge is 2.46. The average molecular weight is 324 g/mol. The van der Waals surface area contributed by atoms with Gasteiger partial charge in [0.1, 0.15) is 5.82 Å². The summed E-state index contributed by atoms with van der Waals surface area (Å²) in [5.41, 5.74) is 0.440. The number of nitrogens with one attached hydrogen (secondary N) is 1. The van der Waals surface area contributed by atoms with E-state index in [0.29, 0.717) is 17.1 Å². The third-order valence-electron chi connectivity index (χ3n) is 3.64. The maximum Gasteiger partial charge on any atom is 0.146 e. The van der Waals surface area contributed by atoms with Crippen LogP contribution in [0.25, 0.3) is 0 Å². The first-order chi connectivity index (χ1) is 8.85. The molecule has 0 bridgehead atoms. The Morgan fingerprint density at radius 2 is 2.11 bits per heavy atom. The highest BCUT2D eigenvalue weighted by atomic mass is 35.5. The second kappa shape index (κ2) is 5.68. The van der Waals surface area contributed by atoms with Crippen LogP contribution in [-0.4, -0.2) is 21.8 Å². The van der Waals surface area contributed by atoms with Gasteiger partial charge in [0.15, 0.2) is 0 Å². The Labute approximate surface area is 125 Å². The van der Waals surface area contributed by atoms with Gasteiger partial charge in [-0.25, -0.2) is 4.39 Å². The minimum absolute atomic E-state index is 0.0244. The molecule has 1 saturated carbocycles. The Balaban J connectivity index is 2.08. The standard InChI is InChI=1S/C13H16Cl2FNOS/c1-8(17-7-13(3-4-13)19(2)18)10-5-9(14)6-11(15)12(10)16/h5-6,8,17H,3-4,7H2,1-2H3. The van der Waals surface area contributed by atoms with Gasteiger partial charge in [0.25, 0.3) is 0 Å². The molecule has 0 radical (unpaired) electrons. The molecule has 2 unspecified atom stereocenters. The first kappa shape index (κ1) is 15.2. The average Bonchev–Trinajstić information content (AvgIpc) is 3.12. The molecule has 0 amide bonds. The normalized spacial score (nSPS) is 20.1. The Morgan fingerprint density at radius 1 is 1.47 bits per heavy atom. The molecule has 0 heterocycles. The van der Waals surface area contributed by atoms with Crippen LogP contribution < -0.4 is 5.32 Å². The van der Waals surface area contributed by atoms with Crippen molar-refractivity contribution in [1.82, 2.24) is 5.32 Å². The van der Waals surface area contributed by atoms with Gasteiger partial charge >= 0.3 is 0 Å². The second-order valence-corrected chi connectivity index (χ2v) is 7.65. The minimum atomic E-state index is -0.860. The molecule has 0 aromatic heterocycles. The Hall–Kier alpha value is -0.160. The van der Waals surface area contributed by atoms with E-state index in [2.05, 4.69) is 5.32 Å². The Morgan fingerprint density at radius 3 is 2.63 bits per heavy atom. The van der Waals surface area contributed by atoms with Crippen molar-refractivity contribution in [2.45, 2.75) is 30.6 Å². The van der Waals surface area contributed by atoms with E-state index in [1.165, 1.54) is 6.07 Å². The smallest absolute Gasteiger partial charge is 0.146 e. The highest BCUT2D eigenvalue weighted by molar-refractivity contribution is 7.86. The van der Waals surface area contributed by atoms with Crippen molar-refractivity contribution in [2.75, 3.05) is 12.8 Å². The molecule has 0 aliphatic heterocycles. The lowest BCUT2D eigenvalue weighted by Gasteiger charge is -2.19. The SMILES string of the molecule is CC(NCC1(S(C)=O)CC1)c1cc(Cl)cc(Cl)c1F. The molecular formula is C13H16Cl2FNOS. The van der Waals surface area contributed by atoms with Crippen LogP contribution in [0.3, 0.4) is 0 Å². The van der Waals surface area contributed by atoms with Crippen molar-refractivity contribution >= 4 is 34.0 Å². The van der Waals surface area contributed by atoms with Crippen molar-refractivity contribution in [3.8, 4) is 0 Å². The zero-order valence-electron chi connectivity index (χ0n) is 10.8. The molecule has 0 spiro atoms. The summed E-state index contributed by atoms with van der Waals surface area (Å²) in [4.78, 5) is 0. The molecule has 1 fully saturated rings. The summed E-state index contributed by atoms with van der Waals surface area (Å²) >= 11 is 11.7.